The molecule has 0 saturated carbocycles. The van der Waals surface area contributed by atoms with Gasteiger partial charge >= 0.3 is 0 Å². The molecule has 1 heterocycles. The maximum absolute atomic E-state index is 5.66. The van der Waals surface area contributed by atoms with Gasteiger partial charge in [-0.1, -0.05) is 6.07 Å². The van der Waals surface area contributed by atoms with Crippen LogP contribution in [0.2, 0.25) is 0 Å². The van der Waals surface area contributed by atoms with E-state index in [2.05, 4.69) is 6.07 Å². The van der Waals surface area contributed by atoms with E-state index in [1.54, 1.807) is 0 Å². The predicted molar refractivity (Wildman–Crippen MR) is 56.0 cm³/mol. The van der Waals surface area contributed by atoms with E-state index in [0.717, 1.165) is 30.9 Å². The van der Waals surface area contributed by atoms with Crippen LogP contribution in [0.15, 0.2) is 18.2 Å². The summed E-state index contributed by atoms with van der Waals surface area (Å²) in [7, 11) is 0. The van der Waals surface area contributed by atoms with E-state index in [0.29, 0.717) is 6.61 Å². The molecule has 0 fully saturated rings. The van der Waals surface area contributed by atoms with Crippen molar-refractivity contribution in [3.8, 4) is 11.5 Å². The molecule has 76 valence electrons. The van der Waals surface area contributed by atoms with Gasteiger partial charge in [-0.3, -0.25) is 0 Å². The lowest BCUT2D eigenvalue weighted by atomic mass is 10.1. The summed E-state index contributed by atoms with van der Waals surface area (Å²) >= 11 is 0. The van der Waals surface area contributed by atoms with Crippen molar-refractivity contribution in [1.29, 1.82) is 0 Å². The summed E-state index contributed by atoms with van der Waals surface area (Å²) in [5.41, 5.74) is 1.31. The molecular weight excluding hydrogens is 176 g/mol. The van der Waals surface area contributed by atoms with Crippen LogP contribution >= 0.6 is 0 Å². The number of rotatable bonds is 2. The van der Waals surface area contributed by atoms with E-state index >= 15 is 0 Å². The van der Waals surface area contributed by atoms with Gasteiger partial charge in [0.05, 0.1) is 13.2 Å². The number of ether oxygens (including phenoxy) is 2. The average Bonchev–Trinajstić information content (AvgIpc) is 2.42. The second kappa shape index (κ2) is 4.36. The number of fused-ring (bicyclic) bond motifs is 1. The lowest BCUT2D eigenvalue weighted by molar-refractivity contribution is 0.309. The van der Waals surface area contributed by atoms with Crippen LogP contribution in [0.3, 0.4) is 0 Å². The van der Waals surface area contributed by atoms with Gasteiger partial charge in [-0.2, -0.15) is 0 Å². The van der Waals surface area contributed by atoms with Crippen molar-refractivity contribution < 1.29 is 9.47 Å². The van der Waals surface area contributed by atoms with Crippen molar-refractivity contribution in [2.45, 2.75) is 26.2 Å². The molecule has 0 aromatic heterocycles. The SMILES string of the molecule is CCOc1ccc2c(c1)OCCCC2. The molecule has 0 spiro atoms. The fraction of sp³-hybridized carbons (Fsp3) is 0.500. The summed E-state index contributed by atoms with van der Waals surface area (Å²) in [6.45, 7) is 3.54. The Hall–Kier alpha value is -1.18. The van der Waals surface area contributed by atoms with Crippen molar-refractivity contribution in [3.63, 3.8) is 0 Å². The average molecular weight is 192 g/mol. The first-order valence-corrected chi connectivity index (χ1v) is 5.28. The maximum atomic E-state index is 5.66. The van der Waals surface area contributed by atoms with Crippen molar-refractivity contribution in [3.05, 3.63) is 23.8 Å². The van der Waals surface area contributed by atoms with Gasteiger partial charge in [0.15, 0.2) is 0 Å². The van der Waals surface area contributed by atoms with Crippen LogP contribution in [0.4, 0.5) is 0 Å². The zero-order chi connectivity index (χ0) is 9.80. The Labute approximate surface area is 84.8 Å². The minimum absolute atomic E-state index is 0.707. The molecule has 14 heavy (non-hydrogen) atoms. The molecule has 0 unspecified atom stereocenters. The molecule has 0 radical (unpaired) electrons. The minimum Gasteiger partial charge on any atom is -0.494 e. The standard InChI is InChI=1S/C12H16O2/c1-2-13-11-7-6-10-5-3-4-8-14-12(10)9-11/h6-7,9H,2-5,8H2,1H3. The largest absolute Gasteiger partial charge is 0.494 e. The van der Waals surface area contributed by atoms with Crippen LogP contribution in [0.1, 0.15) is 25.3 Å². The summed E-state index contributed by atoms with van der Waals surface area (Å²) in [4.78, 5) is 0. The minimum atomic E-state index is 0.707. The Morgan fingerprint density at radius 3 is 3.14 bits per heavy atom. The molecule has 0 atom stereocenters. The summed E-state index contributed by atoms with van der Waals surface area (Å²) in [6.07, 6.45) is 3.50. The highest BCUT2D eigenvalue weighted by Gasteiger charge is 2.09. The quantitative estimate of drug-likeness (QED) is 0.717. The summed E-state index contributed by atoms with van der Waals surface area (Å²) < 4.78 is 11.1. The normalized spacial score (nSPS) is 15.2. The Bertz CT molecular complexity index is 307. The zero-order valence-corrected chi connectivity index (χ0v) is 8.58. The number of hydrogen-bond donors (Lipinski definition) is 0. The second-order valence-electron chi connectivity index (χ2n) is 3.51. The van der Waals surface area contributed by atoms with Gasteiger partial charge in [-0.05, 0) is 37.8 Å². The molecule has 0 bridgehead atoms. The molecule has 1 aliphatic heterocycles. The van der Waals surface area contributed by atoms with E-state index in [1.807, 2.05) is 19.1 Å². The number of hydrogen-bond acceptors (Lipinski definition) is 2. The van der Waals surface area contributed by atoms with Crippen molar-refractivity contribution >= 4 is 0 Å². The molecule has 1 aliphatic rings. The van der Waals surface area contributed by atoms with Crippen LogP contribution in [0.5, 0.6) is 11.5 Å². The Morgan fingerprint density at radius 2 is 2.29 bits per heavy atom. The van der Waals surface area contributed by atoms with Gasteiger partial charge in [-0.15, -0.1) is 0 Å². The third-order valence-electron chi connectivity index (χ3n) is 2.45. The van der Waals surface area contributed by atoms with E-state index in [9.17, 15) is 0 Å². The lowest BCUT2D eigenvalue weighted by Crippen LogP contribution is -1.96. The molecule has 2 nitrogen and oxygen atoms in total. The summed E-state index contributed by atoms with van der Waals surface area (Å²) in [6, 6.07) is 6.15. The first kappa shape index (κ1) is 9.38. The van der Waals surface area contributed by atoms with Gasteiger partial charge < -0.3 is 9.47 Å². The van der Waals surface area contributed by atoms with Crippen LogP contribution < -0.4 is 9.47 Å². The van der Waals surface area contributed by atoms with Gasteiger partial charge in [0.2, 0.25) is 0 Å². The molecule has 0 aliphatic carbocycles. The Kier molecular flexibility index (Phi) is 2.92. The topological polar surface area (TPSA) is 18.5 Å². The highest BCUT2D eigenvalue weighted by molar-refractivity contribution is 5.41. The molecular formula is C12H16O2. The highest BCUT2D eigenvalue weighted by atomic mass is 16.5. The molecule has 0 saturated heterocycles. The number of benzene rings is 1. The fourth-order valence-electron chi connectivity index (χ4n) is 1.73. The van der Waals surface area contributed by atoms with E-state index in [4.69, 9.17) is 9.47 Å². The maximum Gasteiger partial charge on any atom is 0.126 e. The van der Waals surface area contributed by atoms with Crippen molar-refractivity contribution in [2.24, 2.45) is 0 Å². The van der Waals surface area contributed by atoms with Crippen LogP contribution in [-0.4, -0.2) is 13.2 Å². The van der Waals surface area contributed by atoms with Gasteiger partial charge in [0.1, 0.15) is 11.5 Å². The van der Waals surface area contributed by atoms with E-state index < -0.39 is 0 Å². The monoisotopic (exact) mass is 192 g/mol. The molecule has 1 aromatic rings. The van der Waals surface area contributed by atoms with Crippen LogP contribution in [0.25, 0.3) is 0 Å². The van der Waals surface area contributed by atoms with Crippen molar-refractivity contribution in [1.82, 2.24) is 0 Å². The van der Waals surface area contributed by atoms with Gasteiger partial charge in [0, 0.05) is 6.07 Å². The molecule has 2 rings (SSSR count). The molecule has 0 amide bonds. The van der Waals surface area contributed by atoms with Gasteiger partial charge in [-0.25, -0.2) is 0 Å². The van der Waals surface area contributed by atoms with E-state index in [-0.39, 0.29) is 0 Å². The lowest BCUT2D eigenvalue weighted by Gasteiger charge is -2.09. The predicted octanol–water partition coefficient (Wildman–Crippen LogP) is 2.80. The van der Waals surface area contributed by atoms with Crippen LogP contribution in [-0.2, 0) is 6.42 Å². The first-order chi connectivity index (χ1) is 6.90. The smallest absolute Gasteiger partial charge is 0.126 e. The molecule has 0 N–H and O–H groups in total. The first-order valence-electron chi connectivity index (χ1n) is 5.28. The third-order valence-corrected chi connectivity index (χ3v) is 2.45. The molecule has 2 heteroatoms. The Morgan fingerprint density at radius 1 is 1.36 bits per heavy atom. The summed E-state index contributed by atoms with van der Waals surface area (Å²) in [5, 5.41) is 0. The number of aryl methyl sites for hydroxylation is 1. The van der Waals surface area contributed by atoms with E-state index in [1.165, 1.54) is 12.0 Å². The molecule has 1 aromatic carbocycles. The fourth-order valence-corrected chi connectivity index (χ4v) is 1.73. The summed E-state index contributed by atoms with van der Waals surface area (Å²) in [5.74, 6) is 1.92. The van der Waals surface area contributed by atoms with Crippen LogP contribution in [0, 0.1) is 0 Å². The Balaban J connectivity index is 2.23. The van der Waals surface area contributed by atoms with Crippen molar-refractivity contribution in [2.75, 3.05) is 13.2 Å². The second-order valence-corrected chi connectivity index (χ2v) is 3.51. The highest BCUT2D eigenvalue weighted by Crippen LogP contribution is 2.28. The third kappa shape index (κ3) is 2.00. The zero-order valence-electron chi connectivity index (χ0n) is 8.58. The van der Waals surface area contributed by atoms with Gasteiger partial charge in [0.25, 0.3) is 0 Å².